The summed E-state index contributed by atoms with van der Waals surface area (Å²) in [5.74, 6) is 0.741. The number of halogens is 3. The summed E-state index contributed by atoms with van der Waals surface area (Å²) in [7, 11) is 0. The standard InChI is InChI=1S/C16H13Cl2FN2/c1-10-5-6-14-13(9-10)20-15(7-8-17)21(14)16-11(18)3-2-4-12(16)19/h2-6,9H,7-8H2,1H3. The van der Waals surface area contributed by atoms with Gasteiger partial charge in [-0.15, -0.1) is 11.6 Å². The van der Waals surface area contributed by atoms with Crippen LogP contribution in [-0.2, 0) is 6.42 Å². The number of para-hydroxylation sites is 1. The molecule has 0 aliphatic rings. The number of nitrogens with zero attached hydrogens (tertiary/aromatic N) is 2. The maximum atomic E-state index is 14.3. The van der Waals surface area contributed by atoms with Crippen LogP contribution in [0.5, 0.6) is 0 Å². The molecule has 1 aromatic heterocycles. The van der Waals surface area contributed by atoms with E-state index in [1.807, 2.05) is 25.1 Å². The number of alkyl halides is 1. The van der Waals surface area contributed by atoms with Crippen molar-refractivity contribution in [3.8, 4) is 5.69 Å². The summed E-state index contributed by atoms with van der Waals surface area (Å²) in [4.78, 5) is 4.58. The Hall–Kier alpha value is -1.58. The SMILES string of the molecule is Cc1ccc2c(c1)nc(CCCl)n2-c1c(F)cccc1Cl. The molecule has 0 N–H and O–H groups in total. The normalized spacial score (nSPS) is 11.2. The predicted octanol–water partition coefficient (Wildman–Crippen LogP) is 4.91. The van der Waals surface area contributed by atoms with Gasteiger partial charge in [-0.05, 0) is 36.8 Å². The van der Waals surface area contributed by atoms with Crippen LogP contribution in [0.25, 0.3) is 16.7 Å². The summed E-state index contributed by atoms with van der Waals surface area (Å²) in [5, 5.41) is 0.352. The van der Waals surface area contributed by atoms with E-state index in [2.05, 4.69) is 4.98 Å². The van der Waals surface area contributed by atoms with Gasteiger partial charge in [0.25, 0.3) is 0 Å². The highest BCUT2D eigenvalue weighted by molar-refractivity contribution is 6.32. The van der Waals surface area contributed by atoms with Gasteiger partial charge in [0.2, 0.25) is 0 Å². The molecule has 0 atom stereocenters. The van der Waals surface area contributed by atoms with Crippen LogP contribution >= 0.6 is 23.2 Å². The fourth-order valence-electron chi connectivity index (χ4n) is 2.44. The minimum atomic E-state index is -0.377. The van der Waals surface area contributed by atoms with Crippen molar-refractivity contribution >= 4 is 34.2 Å². The van der Waals surface area contributed by atoms with Gasteiger partial charge in [0, 0.05) is 12.3 Å². The van der Waals surface area contributed by atoms with Crippen molar-refractivity contribution in [3.63, 3.8) is 0 Å². The molecule has 0 amide bonds. The third kappa shape index (κ3) is 2.52. The number of benzene rings is 2. The number of hydrogen-bond acceptors (Lipinski definition) is 1. The first-order valence-electron chi connectivity index (χ1n) is 6.60. The molecule has 0 bridgehead atoms. The van der Waals surface area contributed by atoms with Gasteiger partial charge in [0.1, 0.15) is 17.3 Å². The van der Waals surface area contributed by atoms with E-state index < -0.39 is 0 Å². The fourth-order valence-corrected chi connectivity index (χ4v) is 2.86. The molecule has 108 valence electrons. The van der Waals surface area contributed by atoms with Gasteiger partial charge in [-0.1, -0.05) is 23.7 Å². The van der Waals surface area contributed by atoms with E-state index in [0.29, 0.717) is 28.8 Å². The molecule has 3 rings (SSSR count). The molecule has 0 saturated carbocycles. The van der Waals surface area contributed by atoms with Gasteiger partial charge < -0.3 is 0 Å². The molecule has 0 fully saturated rings. The van der Waals surface area contributed by atoms with Crippen LogP contribution < -0.4 is 0 Å². The molecule has 1 heterocycles. The van der Waals surface area contributed by atoms with Crippen molar-refractivity contribution in [3.05, 3.63) is 58.6 Å². The lowest BCUT2D eigenvalue weighted by Crippen LogP contribution is -2.05. The second-order valence-corrected chi connectivity index (χ2v) is 5.65. The molecule has 2 aromatic carbocycles. The lowest BCUT2D eigenvalue weighted by Gasteiger charge is -2.11. The lowest BCUT2D eigenvalue weighted by atomic mass is 10.2. The summed E-state index contributed by atoms with van der Waals surface area (Å²) >= 11 is 12.1. The Balaban J connectivity index is 2.36. The summed E-state index contributed by atoms with van der Waals surface area (Å²) in [6.45, 7) is 2.00. The molecule has 2 nitrogen and oxygen atoms in total. The van der Waals surface area contributed by atoms with Crippen molar-refractivity contribution in [1.82, 2.24) is 9.55 Å². The predicted molar refractivity (Wildman–Crippen MR) is 85.2 cm³/mol. The smallest absolute Gasteiger partial charge is 0.148 e. The molecule has 21 heavy (non-hydrogen) atoms. The monoisotopic (exact) mass is 322 g/mol. The molecule has 0 saturated heterocycles. The quantitative estimate of drug-likeness (QED) is 0.626. The van der Waals surface area contributed by atoms with E-state index in [0.717, 1.165) is 16.6 Å². The summed E-state index contributed by atoms with van der Waals surface area (Å²) in [6, 6.07) is 10.5. The number of fused-ring (bicyclic) bond motifs is 1. The van der Waals surface area contributed by atoms with E-state index in [1.54, 1.807) is 16.7 Å². The van der Waals surface area contributed by atoms with Crippen LogP contribution in [-0.4, -0.2) is 15.4 Å². The molecule has 5 heteroatoms. The zero-order chi connectivity index (χ0) is 15.0. The van der Waals surface area contributed by atoms with Crippen LogP contribution in [0, 0.1) is 12.7 Å². The van der Waals surface area contributed by atoms with Crippen molar-refractivity contribution in [1.29, 1.82) is 0 Å². The first-order valence-corrected chi connectivity index (χ1v) is 7.51. The molecular weight excluding hydrogens is 310 g/mol. The highest BCUT2D eigenvalue weighted by atomic mass is 35.5. The van der Waals surface area contributed by atoms with Crippen LogP contribution in [0.4, 0.5) is 4.39 Å². The third-order valence-corrected chi connectivity index (χ3v) is 3.85. The zero-order valence-electron chi connectivity index (χ0n) is 11.4. The Morgan fingerprint density at radius 1 is 1.24 bits per heavy atom. The van der Waals surface area contributed by atoms with E-state index in [4.69, 9.17) is 23.2 Å². The molecule has 0 aliphatic carbocycles. The Morgan fingerprint density at radius 2 is 2.05 bits per heavy atom. The van der Waals surface area contributed by atoms with Crippen molar-refractivity contribution < 1.29 is 4.39 Å². The van der Waals surface area contributed by atoms with Gasteiger partial charge in [-0.2, -0.15) is 0 Å². The van der Waals surface area contributed by atoms with Crippen LogP contribution in [0.1, 0.15) is 11.4 Å². The minimum absolute atomic E-state index is 0.325. The van der Waals surface area contributed by atoms with Gasteiger partial charge in [0.15, 0.2) is 0 Å². The van der Waals surface area contributed by atoms with Gasteiger partial charge >= 0.3 is 0 Å². The molecule has 3 aromatic rings. The summed E-state index contributed by atoms with van der Waals surface area (Å²) < 4.78 is 16.0. The van der Waals surface area contributed by atoms with E-state index in [9.17, 15) is 4.39 Å². The van der Waals surface area contributed by atoms with Crippen molar-refractivity contribution in [2.45, 2.75) is 13.3 Å². The van der Waals surface area contributed by atoms with Gasteiger partial charge in [0.05, 0.1) is 16.1 Å². The second-order valence-electron chi connectivity index (χ2n) is 4.86. The molecular formula is C16H13Cl2FN2. The largest absolute Gasteiger partial charge is 0.292 e. The van der Waals surface area contributed by atoms with E-state index >= 15 is 0 Å². The lowest BCUT2D eigenvalue weighted by molar-refractivity contribution is 0.617. The number of aryl methyl sites for hydroxylation is 2. The van der Waals surface area contributed by atoms with E-state index in [-0.39, 0.29) is 5.82 Å². The average Bonchev–Trinajstić information content (AvgIpc) is 2.77. The van der Waals surface area contributed by atoms with Crippen LogP contribution in [0.15, 0.2) is 36.4 Å². The first kappa shape index (κ1) is 14.4. The number of rotatable bonds is 3. The Labute approximate surface area is 132 Å². The number of aromatic nitrogens is 2. The molecule has 0 spiro atoms. The minimum Gasteiger partial charge on any atom is -0.292 e. The molecule has 0 aliphatic heterocycles. The first-order chi connectivity index (χ1) is 10.1. The fraction of sp³-hybridized carbons (Fsp3) is 0.188. The zero-order valence-corrected chi connectivity index (χ0v) is 12.9. The Morgan fingerprint density at radius 3 is 2.76 bits per heavy atom. The van der Waals surface area contributed by atoms with Crippen LogP contribution in [0.2, 0.25) is 5.02 Å². The number of imidazole rings is 1. The second kappa shape index (κ2) is 5.66. The molecule has 0 radical (unpaired) electrons. The summed E-state index contributed by atoms with van der Waals surface area (Å²) in [5.41, 5.74) is 3.07. The topological polar surface area (TPSA) is 17.8 Å². The highest BCUT2D eigenvalue weighted by Gasteiger charge is 2.17. The Bertz CT molecular complexity index is 791. The molecule has 0 unspecified atom stereocenters. The van der Waals surface area contributed by atoms with Gasteiger partial charge in [-0.25, -0.2) is 9.37 Å². The number of hydrogen-bond donors (Lipinski definition) is 0. The van der Waals surface area contributed by atoms with Crippen molar-refractivity contribution in [2.75, 3.05) is 5.88 Å². The highest BCUT2D eigenvalue weighted by Crippen LogP contribution is 2.29. The van der Waals surface area contributed by atoms with Crippen molar-refractivity contribution in [2.24, 2.45) is 0 Å². The van der Waals surface area contributed by atoms with E-state index in [1.165, 1.54) is 6.07 Å². The maximum Gasteiger partial charge on any atom is 0.148 e. The third-order valence-electron chi connectivity index (χ3n) is 3.36. The summed E-state index contributed by atoms with van der Waals surface area (Å²) in [6.07, 6.45) is 0.542. The Kier molecular flexibility index (Phi) is 3.87. The average molecular weight is 323 g/mol. The van der Waals surface area contributed by atoms with Gasteiger partial charge in [-0.3, -0.25) is 4.57 Å². The van der Waals surface area contributed by atoms with Crippen LogP contribution in [0.3, 0.4) is 0 Å². The maximum absolute atomic E-state index is 14.3.